The maximum atomic E-state index is 11.5. The lowest BCUT2D eigenvalue weighted by atomic mass is 10.2. The van der Waals surface area contributed by atoms with Gasteiger partial charge in [-0.15, -0.1) is 0 Å². The van der Waals surface area contributed by atoms with Gasteiger partial charge in [0.05, 0.1) is 132 Å². The van der Waals surface area contributed by atoms with Gasteiger partial charge in [0.2, 0.25) is 0 Å². The van der Waals surface area contributed by atoms with Crippen molar-refractivity contribution in [3.05, 3.63) is 0 Å². The molecule has 0 fully saturated rings. The van der Waals surface area contributed by atoms with Gasteiger partial charge >= 0.3 is 11.9 Å². The van der Waals surface area contributed by atoms with Crippen LogP contribution in [-0.2, 0) is 66.4 Å². The summed E-state index contributed by atoms with van der Waals surface area (Å²) in [6, 6.07) is 0. The second-order valence-corrected chi connectivity index (χ2v) is 10.1. The molecule has 47 heavy (non-hydrogen) atoms. The van der Waals surface area contributed by atoms with Gasteiger partial charge < -0.3 is 56.8 Å². The molecule has 0 aliphatic carbocycles. The van der Waals surface area contributed by atoms with Crippen LogP contribution in [0.25, 0.3) is 0 Å². The quantitative estimate of drug-likeness (QED) is 0.0689. The lowest BCUT2D eigenvalue weighted by Gasteiger charge is -2.09. The number of carbonyl (C=O) groups is 2. The van der Waals surface area contributed by atoms with E-state index in [9.17, 15) is 9.59 Å². The molecule has 0 unspecified atom stereocenters. The van der Waals surface area contributed by atoms with Gasteiger partial charge in [0.25, 0.3) is 0 Å². The van der Waals surface area contributed by atoms with Gasteiger partial charge in [-0.25, -0.2) is 0 Å². The number of carbonyl (C=O) groups excluding carboxylic acids is 2. The van der Waals surface area contributed by atoms with Gasteiger partial charge in [-0.05, 0) is 12.8 Å². The summed E-state index contributed by atoms with van der Waals surface area (Å²) in [5.41, 5.74) is 0. The largest absolute Gasteiger partial charge is 0.463 e. The maximum absolute atomic E-state index is 11.5. The Labute approximate surface area is 282 Å². The molecule has 0 aliphatic heterocycles. The molecule has 0 rings (SSSR count). The molecule has 280 valence electrons. The number of hydrogen-bond donors (Lipinski definition) is 0. The molecule has 0 heterocycles. The van der Waals surface area contributed by atoms with Crippen molar-refractivity contribution in [3.63, 3.8) is 0 Å². The highest BCUT2D eigenvalue weighted by atomic mass is 16.6. The van der Waals surface area contributed by atoms with Gasteiger partial charge in [0.15, 0.2) is 0 Å². The first-order valence-corrected chi connectivity index (χ1v) is 17.3. The first-order valence-electron chi connectivity index (χ1n) is 17.3. The van der Waals surface area contributed by atoms with Crippen LogP contribution in [0.5, 0.6) is 0 Å². The fourth-order valence-corrected chi connectivity index (χ4v) is 3.55. The molecule has 14 heteroatoms. The highest BCUT2D eigenvalue weighted by Crippen LogP contribution is 2.03. The van der Waals surface area contributed by atoms with Crippen LogP contribution in [-0.4, -0.2) is 157 Å². The van der Waals surface area contributed by atoms with Crippen LogP contribution < -0.4 is 0 Å². The smallest absolute Gasteiger partial charge is 0.305 e. The van der Waals surface area contributed by atoms with E-state index in [1.165, 1.54) is 0 Å². The summed E-state index contributed by atoms with van der Waals surface area (Å²) in [6.45, 7) is 14.0. The molecular formula is C33H64O14. The molecule has 0 saturated heterocycles. The van der Waals surface area contributed by atoms with E-state index >= 15 is 0 Å². The van der Waals surface area contributed by atoms with Crippen molar-refractivity contribution in [2.24, 2.45) is 0 Å². The van der Waals surface area contributed by atoms with Crippen LogP contribution in [0.4, 0.5) is 0 Å². The molecule has 0 radical (unpaired) electrons. The van der Waals surface area contributed by atoms with Gasteiger partial charge in [0.1, 0.15) is 13.2 Å². The molecule has 0 saturated carbocycles. The highest BCUT2D eigenvalue weighted by Gasteiger charge is 2.03. The summed E-state index contributed by atoms with van der Waals surface area (Å²) in [4.78, 5) is 22.7. The standard InChI is InChI=1S/C33H64O14/c1-3-5-6-7-9-33(35)47-31-29-45-27-25-43-23-21-41-19-17-39-15-13-37-11-10-36-12-14-38-16-18-40-20-22-42-24-26-44-28-30-46-32(34)8-4-2/h3-31H2,1-2H3. The Hall–Kier alpha value is -1.46. The zero-order valence-electron chi connectivity index (χ0n) is 29.2. The molecule has 14 nitrogen and oxygen atoms in total. The van der Waals surface area contributed by atoms with E-state index < -0.39 is 0 Å². The van der Waals surface area contributed by atoms with Crippen molar-refractivity contribution in [3.8, 4) is 0 Å². The third-order valence-corrected chi connectivity index (χ3v) is 6.02. The summed E-state index contributed by atoms with van der Waals surface area (Å²) < 4.78 is 64.5. The molecule has 0 aromatic rings. The molecule has 0 N–H and O–H groups in total. The number of hydrogen-bond acceptors (Lipinski definition) is 14. The van der Waals surface area contributed by atoms with Crippen molar-refractivity contribution in [2.75, 3.05) is 145 Å². The lowest BCUT2D eigenvalue weighted by Crippen LogP contribution is -2.16. The van der Waals surface area contributed by atoms with E-state index in [0.29, 0.717) is 145 Å². The third-order valence-electron chi connectivity index (χ3n) is 6.02. The van der Waals surface area contributed by atoms with E-state index in [4.69, 9.17) is 56.8 Å². The Balaban J connectivity index is 3.10. The van der Waals surface area contributed by atoms with Crippen LogP contribution in [0.15, 0.2) is 0 Å². The number of ether oxygens (including phenoxy) is 12. The van der Waals surface area contributed by atoms with Crippen LogP contribution >= 0.6 is 0 Å². The zero-order chi connectivity index (χ0) is 34.1. The number of esters is 2. The van der Waals surface area contributed by atoms with Crippen LogP contribution in [0.1, 0.15) is 58.8 Å². The molecular weight excluding hydrogens is 620 g/mol. The summed E-state index contributed by atoms with van der Waals surface area (Å²) >= 11 is 0. The first kappa shape index (κ1) is 45.5. The van der Waals surface area contributed by atoms with Crippen molar-refractivity contribution < 1.29 is 66.4 Å². The highest BCUT2D eigenvalue weighted by molar-refractivity contribution is 5.69. The van der Waals surface area contributed by atoms with E-state index in [-0.39, 0.29) is 25.2 Å². The Morgan fingerprint density at radius 1 is 0.298 bits per heavy atom. The molecule has 0 aromatic heterocycles. The average molecular weight is 685 g/mol. The number of unbranched alkanes of at least 4 members (excludes halogenated alkanes) is 3. The van der Waals surface area contributed by atoms with E-state index in [2.05, 4.69) is 6.92 Å². The minimum absolute atomic E-state index is 0.155. The predicted molar refractivity (Wildman–Crippen MR) is 174 cm³/mol. The Morgan fingerprint density at radius 3 is 0.809 bits per heavy atom. The molecule has 0 aliphatic rings. The lowest BCUT2D eigenvalue weighted by molar-refractivity contribution is -0.146. The summed E-state index contributed by atoms with van der Waals surface area (Å²) in [5.74, 6) is -0.346. The average Bonchev–Trinajstić information content (AvgIpc) is 3.07. The topological polar surface area (TPSA) is 145 Å². The van der Waals surface area contributed by atoms with Crippen molar-refractivity contribution in [1.82, 2.24) is 0 Å². The van der Waals surface area contributed by atoms with Gasteiger partial charge in [-0.3, -0.25) is 9.59 Å². The van der Waals surface area contributed by atoms with Crippen molar-refractivity contribution in [2.45, 2.75) is 58.8 Å². The normalized spacial score (nSPS) is 11.3. The van der Waals surface area contributed by atoms with Crippen molar-refractivity contribution in [1.29, 1.82) is 0 Å². The SMILES string of the molecule is CCCCCCC(=O)OCCOCCOCCOCCOCCOCCOCCOCCOCCOCCOCCOC(=O)CCC. The Kier molecular flexibility index (Phi) is 39.4. The fourth-order valence-electron chi connectivity index (χ4n) is 3.55. The molecule has 0 bridgehead atoms. The molecule has 0 aromatic carbocycles. The maximum Gasteiger partial charge on any atom is 0.305 e. The first-order chi connectivity index (χ1) is 23.2. The minimum atomic E-state index is -0.191. The Bertz CT molecular complexity index is 640. The van der Waals surface area contributed by atoms with E-state index in [1.54, 1.807) is 0 Å². The fraction of sp³-hybridized carbons (Fsp3) is 0.939. The van der Waals surface area contributed by atoms with E-state index in [1.807, 2.05) is 6.92 Å². The van der Waals surface area contributed by atoms with Crippen LogP contribution in [0.2, 0.25) is 0 Å². The van der Waals surface area contributed by atoms with E-state index in [0.717, 1.165) is 32.1 Å². The molecule has 0 spiro atoms. The van der Waals surface area contributed by atoms with Crippen molar-refractivity contribution >= 4 is 11.9 Å². The van der Waals surface area contributed by atoms with Gasteiger partial charge in [-0.1, -0.05) is 33.1 Å². The van der Waals surface area contributed by atoms with Crippen LogP contribution in [0, 0.1) is 0 Å². The summed E-state index contributed by atoms with van der Waals surface area (Å²) in [7, 11) is 0. The summed E-state index contributed by atoms with van der Waals surface area (Å²) in [5, 5.41) is 0. The molecule has 0 amide bonds. The van der Waals surface area contributed by atoms with Crippen LogP contribution in [0.3, 0.4) is 0 Å². The monoisotopic (exact) mass is 684 g/mol. The second kappa shape index (κ2) is 40.7. The summed E-state index contributed by atoms with van der Waals surface area (Å²) in [6.07, 6.45) is 5.97. The Morgan fingerprint density at radius 2 is 0.553 bits per heavy atom. The minimum Gasteiger partial charge on any atom is -0.463 e. The zero-order valence-corrected chi connectivity index (χ0v) is 29.2. The van der Waals surface area contributed by atoms with Gasteiger partial charge in [-0.2, -0.15) is 0 Å². The third kappa shape index (κ3) is 40.6. The second-order valence-electron chi connectivity index (χ2n) is 10.1. The van der Waals surface area contributed by atoms with Gasteiger partial charge in [0, 0.05) is 12.8 Å². The number of rotatable bonds is 40. The molecule has 0 atom stereocenters. The predicted octanol–water partition coefficient (Wildman–Crippen LogP) is 3.01.